The lowest BCUT2D eigenvalue weighted by atomic mass is 9.57. The summed E-state index contributed by atoms with van der Waals surface area (Å²) in [6.07, 6.45) is 0. The van der Waals surface area contributed by atoms with Gasteiger partial charge in [0.2, 0.25) is 0 Å². The average Bonchev–Trinajstić information content (AvgIpc) is 2.79. The maximum atomic E-state index is 10.0. The van der Waals surface area contributed by atoms with Crippen molar-refractivity contribution in [1.82, 2.24) is 4.90 Å². The highest BCUT2D eigenvalue weighted by molar-refractivity contribution is 6.42. The molecule has 3 heteroatoms. The first-order chi connectivity index (χ1) is 16.1. The van der Waals surface area contributed by atoms with E-state index >= 15 is 0 Å². The molecule has 0 heterocycles. The maximum Gasteiger partial charge on any atom is 0.0642 e. The Bertz CT molecular complexity index is 1240. The van der Waals surface area contributed by atoms with Crippen molar-refractivity contribution in [3.8, 4) is 0 Å². The molecule has 0 radical (unpaired) electrons. The van der Waals surface area contributed by atoms with Crippen LogP contribution in [0.5, 0.6) is 0 Å². The standard InChI is InChI=1S/C25H33Cl2N/c1-9-28(8)24-21-14(2)11-10-12-18(21)22(17(5)25(24,6)7)19-13-20(26)23(27)16(4)15(19)3/h10-13,17,22,24H,9H2,1-8H3/t17?,22-,24-/m1/s1/i9D2,10D,11D,12D,13D,22D,24D. The zero-order chi connectivity index (χ0) is 28.1. The summed E-state index contributed by atoms with van der Waals surface area (Å²) in [6.45, 7) is 9.80. The number of fused-ring (bicyclic) bond motifs is 1. The van der Waals surface area contributed by atoms with Gasteiger partial charge in [-0.1, -0.05) is 69.0 Å². The van der Waals surface area contributed by atoms with Gasteiger partial charge in [0.05, 0.1) is 16.9 Å². The molecule has 0 spiro atoms. The molecule has 0 amide bonds. The van der Waals surface area contributed by atoms with Crippen LogP contribution in [-0.4, -0.2) is 18.4 Å². The fourth-order valence-corrected chi connectivity index (χ4v) is 4.63. The van der Waals surface area contributed by atoms with Crippen molar-refractivity contribution in [1.29, 1.82) is 0 Å². The molecule has 1 unspecified atom stereocenters. The van der Waals surface area contributed by atoms with Gasteiger partial charge in [-0.3, -0.25) is 4.90 Å². The molecule has 0 fully saturated rings. The second-order valence-electron chi connectivity index (χ2n) is 8.12. The molecule has 3 atom stereocenters. The van der Waals surface area contributed by atoms with Gasteiger partial charge < -0.3 is 0 Å². The van der Waals surface area contributed by atoms with Gasteiger partial charge in [-0.15, -0.1) is 0 Å². The van der Waals surface area contributed by atoms with E-state index in [4.69, 9.17) is 31.4 Å². The first-order valence-electron chi connectivity index (χ1n) is 13.4. The van der Waals surface area contributed by atoms with Crippen LogP contribution in [0.4, 0.5) is 0 Å². The Morgan fingerprint density at radius 1 is 1.18 bits per heavy atom. The number of benzene rings is 2. The van der Waals surface area contributed by atoms with E-state index < -0.39 is 29.7 Å². The highest BCUT2D eigenvalue weighted by Gasteiger charge is 2.48. The molecule has 152 valence electrons. The van der Waals surface area contributed by atoms with Crippen LogP contribution in [0.15, 0.2) is 24.2 Å². The number of nitrogens with zero attached hydrogens (tertiary/aromatic N) is 1. The van der Waals surface area contributed by atoms with Gasteiger partial charge in [0.15, 0.2) is 0 Å². The van der Waals surface area contributed by atoms with Crippen molar-refractivity contribution in [2.24, 2.45) is 11.3 Å². The van der Waals surface area contributed by atoms with Gasteiger partial charge in [0.1, 0.15) is 0 Å². The molecule has 28 heavy (non-hydrogen) atoms. The minimum absolute atomic E-state index is 0.0101. The quantitative estimate of drug-likeness (QED) is 0.486. The summed E-state index contributed by atoms with van der Waals surface area (Å²) < 4.78 is 71.7. The number of halogens is 2. The predicted molar refractivity (Wildman–Crippen MR) is 123 cm³/mol. The highest BCUT2D eigenvalue weighted by Crippen LogP contribution is 2.58. The van der Waals surface area contributed by atoms with E-state index in [1.807, 2.05) is 0 Å². The molecule has 0 N–H and O–H groups in total. The lowest BCUT2D eigenvalue weighted by Crippen LogP contribution is -2.46. The van der Waals surface area contributed by atoms with Crippen molar-refractivity contribution in [2.75, 3.05) is 13.5 Å². The largest absolute Gasteiger partial charge is 0.299 e. The molecule has 1 aliphatic carbocycles. The van der Waals surface area contributed by atoms with E-state index in [1.165, 1.54) is 18.9 Å². The van der Waals surface area contributed by atoms with Crippen LogP contribution in [0.2, 0.25) is 10.0 Å². The average molecular weight is 427 g/mol. The van der Waals surface area contributed by atoms with Gasteiger partial charge >= 0.3 is 0 Å². The smallest absolute Gasteiger partial charge is 0.0642 e. The Morgan fingerprint density at radius 2 is 1.82 bits per heavy atom. The van der Waals surface area contributed by atoms with E-state index in [9.17, 15) is 2.74 Å². The van der Waals surface area contributed by atoms with Crippen molar-refractivity contribution in [3.05, 3.63) is 67.6 Å². The molecule has 0 bridgehead atoms. The van der Waals surface area contributed by atoms with E-state index in [0.29, 0.717) is 11.1 Å². The molecule has 3 rings (SSSR count). The molecular formula is C25H33Cl2N. The fourth-order valence-electron chi connectivity index (χ4n) is 4.20. The van der Waals surface area contributed by atoms with Crippen LogP contribution in [0, 0.1) is 32.1 Å². The third-order valence-electron chi connectivity index (χ3n) is 6.33. The van der Waals surface area contributed by atoms with Crippen LogP contribution in [0.25, 0.3) is 0 Å². The first kappa shape index (κ1) is 13.3. The summed E-state index contributed by atoms with van der Waals surface area (Å²) in [5, 5.41) is 0.206. The molecule has 2 aromatic rings. The number of hydrogen-bond acceptors (Lipinski definition) is 1. The molecular weight excluding hydrogens is 385 g/mol. The van der Waals surface area contributed by atoms with Crippen LogP contribution in [0.1, 0.15) is 84.0 Å². The Labute approximate surface area is 192 Å². The van der Waals surface area contributed by atoms with Gasteiger partial charge in [0, 0.05) is 16.0 Å². The molecule has 1 nitrogen and oxygen atoms in total. The Kier molecular flexibility index (Phi) is 3.65. The minimum Gasteiger partial charge on any atom is -0.299 e. The number of hydrogen-bond donors (Lipinski definition) is 0. The lowest BCUT2D eigenvalue weighted by molar-refractivity contribution is 0.0444. The summed E-state index contributed by atoms with van der Waals surface area (Å²) in [6, 6.07) is -2.94. The maximum absolute atomic E-state index is 10.0. The van der Waals surface area contributed by atoms with E-state index in [1.54, 1.807) is 41.5 Å². The van der Waals surface area contributed by atoms with Crippen LogP contribution in [-0.2, 0) is 0 Å². The normalized spacial score (nSPS) is 33.6. The number of rotatable bonds is 3. The summed E-state index contributed by atoms with van der Waals surface area (Å²) in [7, 11) is 1.49. The Morgan fingerprint density at radius 3 is 2.43 bits per heavy atom. The summed E-state index contributed by atoms with van der Waals surface area (Å²) in [4.78, 5) is 1.28. The fraction of sp³-hybridized carbons (Fsp3) is 0.520. The van der Waals surface area contributed by atoms with Crippen LogP contribution in [0.3, 0.4) is 0 Å². The lowest BCUT2D eigenvalue weighted by Gasteiger charge is -2.53. The van der Waals surface area contributed by atoms with Gasteiger partial charge in [0.25, 0.3) is 0 Å². The van der Waals surface area contributed by atoms with Crippen molar-refractivity contribution in [3.63, 3.8) is 0 Å². The Hall–Kier alpha value is -1.02. The molecule has 0 saturated heterocycles. The molecule has 1 aliphatic rings. The first-order valence-corrected chi connectivity index (χ1v) is 10.2. The molecule has 0 aromatic heterocycles. The second kappa shape index (κ2) is 7.67. The zero-order valence-electron chi connectivity index (χ0n) is 25.8. The highest BCUT2D eigenvalue weighted by atomic mass is 35.5. The summed E-state index contributed by atoms with van der Waals surface area (Å²) in [5.74, 6) is -2.56. The molecule has 0 saturated carbocycles. The molecule has 2 aromatic carbocycles. The van der Waals surface area contributed by atoms with Crippen molar-refractivity contribution >= 4 is 23.2 Å². The van der Waals surface area contributed by atoms with E-state index in [-0.39, 0.29) is 56.5 Å². The Balaban J connectivity index is 2.71. The van der Waals surface area contributed by atoms with Crippen molar-refractivity contribution in [2.45, 2.75) is 60.4 Å². The van der Waals surface area contributed by atoms with Gasteiger partial charge in [-0.05, 0) is 85.1 Å². The zero-order valence-corrected chi connectivity index (χ0v) is 19.3. The molecule has 0 aliphatic heterocycles. The van der Waals surface area contributed by atoms with E-state index in [0.717, 1.165) is 0 Å². The minimum atomic E-state index is -1.95. The monoisotopic (exact) mass is 425 g/mol. The predicted octanol–water partition coefficient (Wildman–Crippen LogP) is 7.72. The van der Waals surface area contributed by atoms with Crippen LogP contribution >= 0.6 is 23.2 Å². The second-order valence-corrected chi connectivity index (χ2v) is 8.87. The third-order valence-corrected chi connectivity index (χ3v) is 7.18. The summed E-state index contributed by atoms with van der Waals surface area (Å²) >= 11 is 12.9. The van der Waals surface area contributed by atoms with Crippen LogP contribution < -0.4 is 0 Å². The third kappa shape index (κ3) is 3.20. The summed E-state index contributed by atoms with van der Waals surface area (Å²) in [5.41, 5.74) is 0.706. The SMILES string of the molecule is [2H]c1c([2H])c(C)c2c(c1[2H])[C@]([2H])(c1c([2H])c(Cl)c(Cl)c(C)c1C)C(C)C(C)(C)[C@]2([2H])N(C)C([2H])([2H])C. The topological polar surface area (TPSA) is 3.24 Å². The van der Waals surface area contributed by atoms with Gasteiger partial charge in [-0.25, -0.2) is 0 Å². The van der Waals surface area contributed by atoms with E-state index in [2.05, 4.69) is 0 Å². The van der Waals surface area contributed by atoms with Crippen molar-refractivity contribution < 1.29 is 11.0 Å². The van der Waals surface area contributed by atoms with Gasteiger partial charge in [-0.2, -0.15) is 0 Å².